The minimum atomic E-state index is -1.25. The second-order valence-electron chi connectivity index (χ2n) is 8.94. The lowest BCUT2D eigenvalue weighted by molar-refractivity contribution is -0.142. The summed E-state index contributed by atoms with van der Waals surface area (Å²) >= 11 is 0. The number of hydrogen-bond donors (Lipinski definition) is 6. The van der Waals surface area contributed by atoms with Crippen LogP contribution in [0.3, 0.4) is 0 Å². The molecule has 0 radical (unpaired) electrons. The molecule has 0 saturated carbocycles. The Hall–Kier alpha value is -3.34. The van der Waals surface area contributed by atoms with Crippen molar-refractivity contribution in [2.45, 2.75) is 45.2 Å². The molecular formula is C23H34N4O7. The van der Waals surface area contributed by atoms with E-state index in [4.69, 9.17) is 0 Å². The van der Waals surface area contributed by atoms with Crippen molar-refractivity contribution in [1.82, 2.24) is 20.9 Å². The second-order valence-corrected chi connectivity index (χ2v) is 8.94. The quantitative estimate of drug-likeness (QED) is 0.254. The lowest BCUT2D eigenvalue weighted by atomic mass is 10.1. The van der Waals surface area contributed by atoms with Crippen molar-refractivity contribution >= 4 is 23.9 Å². The fraction of sp³-hybridized carbons (Fsp3) is 0.565. The van der Waals surface area contributed by atoms with E-state index in [1.807, 2.05) is 13.8 Å². The molecule has 1 aliphatic heterocycles. The molecule has 11 nitrogen and oxygen atoms in total. The first-order valence-electron chi connectivity index (χ1n) is 11.4. The zero-order valence-corrected chi connectivity index (χ0v) is 19.5. The summed E-state index contributed by atoms with van der Waals surface area (Å²) in [5.41, 5.74) is 0.604. The lowest BCUT2D eigenvalue weighted by Gasteiger charge is -2.29. The Balaban J connectivity index is 2.05. The number of nitrogens with zero attached hydrogens (tertiary/aromatic N) is 1. The number of carboxylic acids is 2. The summed E-state index contributed by atoms with van der Waals surface area (Å²) in [7, 11) is 0. The monoisotopic (exact) mass is 478 g/mol. The molecule has 1 aromatic carbocycles. The van der Waals surface area contributed by atoms with Crippen LogP contribution in [0, 0.1) is 11.8 Å². The smallest absolute Gasteiger partial charge is 0.326 e. The number of carboxylic acid groups (broad SMARTS) is 2. The topological polar surface area (TPSA) is 168 Å². The number of phenols is 1. The Morgan fingerprint density at radius 2 is 1.76 bits per heavy atom. The van der Waals surface area contributed by atoms with Crippen molar-refractivity contribution in [3.63, 3.8) is 0 Å². The first kappa shape index (κ1) is 26.9. The number of aliphatic carboxylic acids is 2. The molecule has 0 aromatic heterocycles. The maximum absolute atomic E-state index is 13.0. The molecule has 0 spiro atoms. The van der Waals surface area contributed by atoms with Crippen molar-refractivity contribution in [3.05, 3.63) is 29.8 Å². The number of benzene rings is 1. The minimum Gasteiger partial charge on any atom is -0.508 e. The summed E-state index contributed by atoms with van der Waals surface area (Å²) in [6, 6.07) is 3.68. The minimum absolute atomic E-state index is 0.00199. The number of carbonyl (C=O) groups is 4. The summed E-state index contributed by atoms with van der Waals surface area (Å²) in [5, 5.41) is 36.8. The van der Waals surface area contributed by atoms with Gasteiger partial charge in [0.15, 0.2) is 0 Å². The van der Waals surface area contributed by atoms with Gasteiger partial charge < -0.3 is 36.2 Å². The number of nitrogens with one attached hydrogen (secondary N) is 3. The summed E-state index contributed by atoms with van der Waals surface area (Å²) in [6.07, 6.45) is 1.55. The van der Waals surface area contributed by atoms with Gasteiger partial charge in [-0.2, -0.15) is 0 Å². The zero-order valence-electron chi connectivity index (χ0n) is 19.5. The first-order valence-corrected chi connectivity index (χ1v) is 11.4. The van der Waals surface area contributed by atoms with Crippen molar-refractivity contribution in [2.24, 2.45) is 11.8 Å². The number of carbonyl (C=O) groups excluding carboxylic acids is 2. The van der Waals surface area contributed by atoms with E-state index in [1.165, 1.54) is 17.0 Å². The van der Waals surface area contributed by atoms with Crippen LogP contribution in [-0.2, 0) is 20.8 Å². The van der Waals surface area contributed by atoms with E-state index < -0.39 is 29.9 Å². The SMILES string of the molecule is CC(C)CN(C[C@H](CNC(=O)[C@@H]1CCCN1)C(=O)O)C(=O)N[C@@H](Cc1ccc(O)cc1)C(=O)O. The van der Waals surface area contributed by atoms with E-state index in [1.54, 1.807) is 12.1 Å². The van der Waals surface area contributed by atoms with Crippen LogP contribution in [0.4, 0.5) is 4.79 Å². The molecule has 2 rings (SSSR count). The van der Waals surface area contributed by atoms with E-state index in [0.717, 1.165) is 13.0 Å². The van der Waals surface area contributed by atoms with Crippen molar-refractivity contribution < 1.29 is 34.5 Å². The van der Waals surface area contributed by atoms with E-state index in [-0.39, 0.29) is 49.7 Å². The molecule has 6 N–H and O–H groups in total. The third-order valence-electron chi connectivity index (χ3n) is 5.53. The maximum Gasteiger partial charge on any atom is 0.326 e. The summed E-state index contributed by atoms with van der Waals surface area (Å²) in [4.78, 5) is 50.1. The molecule has 0 bridgehead atoms. The van der Waals surface area contributed by atoms with Gasteiger partial charge in [0.2, 0.25) is 5.91 Å². The van der Waals surface area contributed by atoms with E-state index in [2.05, 4.69) is 16.0 Å². The van der Waals surface area contributed by atoms with E-state index in [9.17, 15) is 34.5 Å². The van der Waals surface area contributed by atoms with E-state index in [0.29, 0.717) is 12.0 Å². The van der Waals surface area contributed by atoms with E-state index >= 15 is 0 Å². The van der Waals surface area contributed by atoms with Crippen LogP contribution >= 0.6 is 0 Å². The molecule has 0 unspecified atom stereocenters. The predicted molar refractivity (Wildman–Crippen MR) is 123 cm³/mol. The van der Waals surface area contributed by atoms with Gasteiger partial charge in [0.1, 0.15) is 11.8 Å². The average molecular weight is 479 g/mol. The highest BCUT2D eigenvalue weighted by Gasteiger charge is 2.29. The normalized spacial score (nSPS) is 17.1. The zero-order chi connectivity index (χ0) is 25.3. The average Bonchev–Trinajstić information content (AvgIpc) is 3.31. The Kier molecular flexibility index (Phi) is 10.1. The molecule has 1 aromatic rings. The van der Waals surface area contributed by atoms with Gasteiger partial charge in [-0.05, 0) is 43.0 Å². The third-order valence-corrected chi connectivity index (χ3v) is 5.53. The van der Waals surface area contributed by atoms with Gasteiger partial charge in [-0.15, -0.1) is 0 Å². The molecule has 1 saturated heterocycles. The van der Waals surface area contributed by atoms with Crippen molar-refractivity contribution in [1.29, 1.82) is 0 Å². The van der Waals surface area contributed by atoms with Gasteiger partial charge in [0, 0.05) is 26.1 Å². The molecule has 1 fully saturated rings. The number of amides is 3. The van der Waals surface area contributed by atoms with Crippen LogP contribution in [0.5, 0.6) is 5.75 Å². The van der Waals surface area contributed by atoms with Crippen LogP contribution in [0.2, 0.25) is 0 Å². The second kappa shape index (κ2) is 12.8. The van der Waals surface area contributed by atoms with Crippen LogP contribution in [0.15, 0.2) is 24.3 Å². The largest absolute Gasteiger partial charge is 0.508 e. The molecule has 1 heterocycles. The van der Waals surface area contributed by atoms with Gasteiger partial charge in [-0.1, -0.05) is 26.0 Å². The fourth-order valence-electron chi connectivity index (χ4n) is 3.74. The fourth-order valence-corrected chi connectivity index (χ4v) is 3.74. The molecular weight excluding hydrogens is 444 g/mol. The predicted octanol–water partition coefficient (Wildman–Crippen LogP) is 0.625. The highest BCUT2D eigenvalue weighted by Crippen LogP contribution is 2.13. The number of rotatable bonds is 12. The van der Waals surface area contributed by atoms with Crippen LogP contribution in [-0.4, -0.2) is 82.4 Å². The molecule has 188 valence electrons. The molecule has 3 atom stereocenters. The van der Waals surface area contributed by atoms with Gasteiger partial charge >= 0.3 is 18.0 Å². The maximum atomic E-state index is 13.0. The molecule has 3 amide bonds. The highest BCUT2D eigenvalue weighted by atomic mass is 16.4. The Morgan fingerprint density at radius 3 is 2.29 bits per heavy atom. The summed E-state index contributed by atoms with van der Waals surface area (Å²) in [6.45, 7) is 4.31. The number of hydrogen-bond acceptors (Lipinski definition) is 6. The Morgan fingerprint density at radius 1 is 1.09 bits per heavy atom. The Labute approximate surface area is 198 Å². The van der Waals surface area contributed by atoms with Crippen molar-refractivity contribution in [3.8, 4) is 5.75 Å². The standard InChI is InChI=1S/C23H34N4O7/c1-14(2)12-27(13-16(21(30)31)11-25-20(29)18-4-3-9-24-18)23(34)26-19(22(32)33)10-15-5-7-17(28)8-6-15/h5-8,14,16,18-19,24,28H,3-4,9-13H2,1-2H3,(H,25,29)(H,26,34)(H,30,31)(H,32,33)/t16-,18-,19-/m0/s1. The third kappa shape index (κ3) is 8.54. The van der Waals surface area contributed by atoms with Gasteiger partial charge in [-0.25, -0.2) is 9.59 Å². The summed E-state index contributed by atoms with van der Waals surface area (Å²) < 4.78 is 0. The van der Waals surface area contributed by atoms with Gasteiger partial charge in [0.05, 0.1) is 12.0 Å². The molecule has 1 aliphatic rings. The van der Waals surface area contributed by atoms with Gasteiger partial charge in [0.25, 0.3) is 0 Å². The number of phenolic OH excluding ortho intramolecular Hbond substituents is 1. The first-order chi connectivity index (χ1) is 16.1. The number of urea groups is 1. The van der Waals surface area contributed by atoms with Gasteiger partial charge in [-0.3, -0.25) is 9.59 Å². The van der Waals surface area contributed by atoms with Crippen LogP contribution in [0.1, 0.15) is 32.3 Å². The molecule has 0 aliphatic carbocycles. The molecule has 34 heavy (non-hydrogen) atoms. The Bertz CT molecular complexity index is 853. The number of aromatic hydroxyl groups is 1. The summed E-state index contributed by atoms with van der Waals surface area (Å²) in [5.74, 6) is -3.70. The highest BCUT2D eigenvalue weighted by molar-refractivity contribution is 5.84. The molecule has 11 heteroatoms. The lowest BCUT2D eigenvalue weighted by Crippen LogP contribution is -2.52. The van der Waals surface area contributed by atoms with Crippen LogP contribution in [0.25, 0.3) is 0 Å². The van der Waals surface area contributed by atoms with Crippen LogP contribution < -0.4 is 16.0 Å². The van der Waals surface area contributed by atoms with Crippen molar-refractivity contribution in [2.75, 3.05) is 26.2 Å².